The molecule has 0 aromatic rings. The van der Waals surface area contributed by atoms with E-state index in [-0.39, 0.29) is 24.3 Å². The van der Waals surface area contributed by atoms with Gasteiger partial charge in [0.15, 0.2) is 18.9 Å². The number of Topliss-reactive ketones (excluding diaryl/α,β-unsaturated/α-hetero) is 1. The van der Waals surface area contributed by atoms with E-state index in [4.69, 9.17) is 37.9 Å². The van der Waals surface area contributed by atoms with Gasteiger partial charge in [0.25, 0.3) is 0 Å². The number of aliphatic hydroxyl groups is 3. The van der Waals surface area contributed by atoms with Crippen molar-refractivity contribution < 1.29 is 62.8 Å². The van der Waals surface area contributed by atoms with Crippen molar-refractivity contribution in [3.8, 4) is 0 Å². The van der Waals surface area contributed by atoms with Gasteiger partial charge in [-0.3, -0.25) is 9.59 Å². The van der Waals surface area contributed by atoms with Crippen molar-refractivity contribution in [1.29, 1.82) is 0 Å². The van der Waals surface area contributed by atoms with Crippen LogP contribution in [0.4, 0.5) is 0 Å². The summed E-state index contributed by atoms with van der Waals surface area (Å²) in [5.74, 6) is -5.03. The smallest absolute Gasteiger partial charge is 0.311 e. The molecule has 3 N–H and O–H groups in total. The van der Waals surface area contributed by atoms with Crippen LogP contribution in [0.2, 0.25) is 0 Å². The minimum Gasteiger partial charge on any atom is -0.462 e. The van der Waals surface area contributed by atoms with Crippen molar-refractivity contribution in [2.24, 2.45) is 35.5 Å². The number of nitrogens with zero attached hydrogens (tertiary/aromatic N) is 1. The Labute approximate surface area is 311 Å². The number of carbonyl (C=O) groups is 2. The molecule has 3 aliphatic heterocycles. The Kier molecular flexibility index (Phi) is 16.5. The second-order valence-electron chi connectivity index (χ2n) is 16.1. The maximum Gasteiger partial charge on any atom is 0.311 e. The zero-order valence-corrected chi connectivity index (χ0v) is 33.9. The largest absolute Gasteiger partial charge is 0.462 e. The Morgan fingerprint density at radius 3 is 1.92 bits per heavy atom. The highest BCUT2D eigenvalue weighted by molar-refractivity contribution is 5.83. The monoisotopic (exact) mass is 747 g/mol. The molecule has 3 aliphatic rings. The van der Waals surface area contributed by atoms with Crippen molar-refractivity contribution in [1.82, 2.24) is 4.90 Å². The van der Waals surface area contributed by atoms with Gasteiger partial charge in [0.1, 0.15) is 24.1 Å². The van der Waals surface area contributed by atoms with Crippen LogP contribution in [-0.2, 0) is 47.5 Å². The lowest BCUT2D eigenvalue weighted by molar-refractivity contribution is -0.355. The van der Waals surface area contributed by atoms with E-state index in [1.54, 1.807) is 55.8 Å². The lowest BCUT2D eigenvalue weighted by Crippen LogP contribution is -2.61. The Morgan fingerprint density at radius 2 is 1.38 bits per heavy atom. The molecule has 52 heavy (non-hydrogen) atoms. The number of methoxy groups -OCH3 is 3. The predicted octanol–water partition coefficient (Wildman–Crippen LogP) is 2.76. The molecule has 0 aliphatic carbocycles. The Bertz CT molecular complexity index is 1140. The van der Waals surface area contributed by atoms with Crippen LogP contribution in [0.3, 0.4) is 0 Å². The van der Waals surface area contributed by atoms with Crippen LogP contribution in [0.25, 0.3) is 0 Å². The second kappa shape index (κ2) is 19.0. The fraction of sp³-hybridized carbons (Fsp3) is 0.947. The first kappa shape index (κ1) is 45.1. The molecule has 0 spiro atoms. The minimum atomic E-state index is -1.73. The standard InChI is InChI=1S/C38H69NO13/c1-15-26-20(4)28(41)21(5)27(40)18(2)17-38(9,44)33(51-36-29(42)25(39(10)11)16-19(3)48-36)22(6)30(23(7)34(43)49-26)50-35-24(8)31(45-12)32(46-13)37(47-14)52-35/h18-26,28-33,35-37,41-42,44H,15-17H2,1-14H3/t18-,19+,20-,21+,22+,23-,24+,25-,26-,28+,29+,30+,31+,32+,33-,35+,36-,37+,38-/m1/s1. The predicted molar refractivity (Wildman–Crippen MR) is 191 cm³/mol. The summed E-state index contributed by atoms with van der Waals surface area (Å²) >= 11 is 0. The van der Waals surface area contributed by atoms with Gasteiger partial charge in [-0.15, -0.1) is 0 Å². The van der Waals surface area contributed by atoms with Gasteiger partial charge in [-0.2, -0.15) is 0 Å². The van der Waals surface area contributed by atoms with Crippen LogP contribution in [-0.4, -0.2) is 147 Å². The minimum absolute atomic E-state index is 0.0478. The first-order valence-corrected chi connectivity index (χ1v) is 18.9. The quantitative estimate of drug-likeness (QED) is 0.294. The van der Waals surface area contributed by atoms with Crippen molar-refractivity contribution in [2.45, 2.75) is 161 Å². The van der Waals surface area contributed by atoms with Crippen LogP contribution in [0.5, 0.6) is 0 Å². The molecule has 0 aromatic carbocycles. The van der Waals surface area contributed by atoms with Gasteiger partial charge in [0.2, 0.25) is 0 Å². The van der Waals surface area contributed by atoms with Gasteiger partial charge in [0.05, 0.1) is 42.0 Å². The summed E-state index contributed by atoms with van der Waals surface area (Å²) in [6, 6.07) is -0.300. The third-order valence-corrected chi connectivity index (χ3v) is 11.9. The second-order valence-corrected chi connectivity index (χ2v) is 16.1. The summed E-state index contributed by atoms with van der Waals surface area (Å²) in [6.45, 7) is 15.9. The van der Waals surface area contributed by atoms with Crippen molar-refractivity contribution in [2.75, 3.05) is 35.4 Å². The molecule has 3 rings (SSSR count). The molecule has 3 fully saturated rings. The number of carbonyl (C=O) groups excluding carboxylic acids is 2. The third kappa shape index (κ3) is 9.92. The third-order valence-electron chi connectivity index (χ3n) is 11.9. The Morgan fingerprint density at radius 1 is 0.769 bits per heavy atom. The maximum absolute atomic E-state index is 14.2. The highest BCUT2D eigenvalue weighted by Crippen LogP contribution is 2.40. The van der Waals surface area contributed by atoms with E-state index in [0.29, 0.717) is 12.8 Å². The zero-order valence-electron chi connectivity index (χ0n) is 33.9. The van der Waals surface area contributed by atoms with Gasteiger partial charge in [0, 0.05) is 57.0 Å². The number of cyclic esters (lactones) is 1. The molecule has 0 amide bonds. The van der Waals surface area contributed by atoms with Gasteiger partial charge >= 0.3 is 5.97 Å². The fourth-order valence-electron chi connectivity index (χ4n) is 8.62. The SMILES string of the molecule is CC[C@H]1OC(=O)[C@H](C)[C@@H](O[C@H]2O[C@H](OC)[C@@H](OC)[C@@H](OC)[C@@H]2C)[C@H](C)[C@@H](O[C@H]2O[C@@H](C)C[C@@H](N(C)C)[C@@H]2O)[C@](C)(O)C[C@@H](C)C(=O)[C@H](C)[C@@H](O)[C@@H]1C. The zero-order chi connectivity index (χ0) is 39.4. The number of ketones is 1. The molecule has 0 aromatic heterocycles. The van der Waals surface area contributed by atoms with E-state index in [1.165, 1.54) is 7.11 Å². The summed E-state index contributed by atoms with van der Waals surface area (Å²) < 4.78 is 49.2. The van der Waals surface area contributed by atoms with E-state index in [1.807, 2.05) is 39.8 Å². The van der Waals surface area contributed by atoms with Gasteiger partial charge in [-0.1, -0.05) is 41.5 Å². The fourth-order valence-corrected chi connectivity index (χ4v) is 8.62. The summed E-state index contributed by atoms with van der Waals surface area (Å²) in [7, 11) is 8.33. The van der Waals surface area contributed by atoms with Crippen LogP contribution >= 0.6 is 0 Å². The topological polar surface area (TPSA) is 172 Å². The molecule has 0 bridgehead atoms. The molecule has 0 saturated carbocycles. The van der Waals surface area contributed by atoms with Gasteiger partial charge in [-0.05, 0) is 54.1 Å². The van der Waals surface area contributed by atoms with Crippen molar-refractivity contribution in [3.63, 3.8) is 0 Å². The Hall–Kier alpha value is -1.30. The molecule has 19 atom stereocenters. The number of likely N-dealkylation sites (N-methyl/N-ethyl adjacent to an activating group) is 1. The number of hydrogen-bond donors (Lipinski definition) is 3. The molecule has 14 heteroatoms. The number of esters is 1. The average molecular weight is 748 g/mol. The summed E-state index contributed by atoms with van der Waals surface area (Å²) in [4.78, 5) is 29.9. The molecular formula is C38H69NO13. The first-order valence-electron chi connectivity index (χ1n) is 18.9. The van der Waals surface area contributed by atoms with E-state index in [9.17, 15) is 24.9 Å². The number of hydrogen-bond acceptors (Lipinski definition) is 14. The molecule has 0 unspecified atom stereocenters. The van der Waals surface area contributed by atoms with Gasteiger partial charge < -0.3 is 58.1 Å². The van der Waals surface area contributed by atoms with Crippen molar-refractivity contribution >= 4 is 11.8 Å². The molecule has 304 valence electrons. The molecule has 3 saturated heterocycles. The van der Waals surface area contributed by atoms with E-state index in [2.05, 4.69) is 0 Å². The van der Waals surface area contributed by atoms with E-state index < -0.39 is 109 Å². The van der Waals surface area contributed by atoms with Crippen LogP contribution in [0.15, 0.2) is 0 Å². The number of rotatable bonds is 9. The normalized spacial score (nSPS) is 47.6. The molecule has 0 radical (unpaired) electrons. The highest BCUT2D eigenvalue weighted by Gasteiger charge is 2.52. The molecule has 14 nitrogen and oxygen atoms in total. The lowest BCUT2D eigenvalue weighted by atomic mass is 9.74. The summed E-state index contributed by atoms with van der Waals surface area (Å²) in [6.07, 6.45) is -8.46. The van der Waals surface area contributed by atoms with E-state index in [0.717, 1.165) is 0 Å². The van der Waals surface area contributed by atoms with E-state index >= 15 is 0 Å². The van der Waals surface area contributed by atoms with Crippen molar-refractivity contribution in [3.05, 3.63) is 0 Å². The summed E-state index contributed by atoms with van der Waals surface area (Å²) in [5.41, 5.74) is -1.73. The van der Waals surface area contributed by atoms with Crippen LogP contribution < -0.4 is 0 Å². The summed E-state index contributed by atoms with van der Waals surface area (Å²) in [5, 5.41) is 35.3. The lowest BCUT2D eigenvalue weighted by Gasteiger charge is -2.49. The number of aliphatic hydroxyl groups excluding tert-OH is 2. The van der Waals surface area contributed by atoms with Gasteiger partial charge in [-0.25, -0.2) is 0 Å². The maximum atomic E-state index is 14.2. The molecule has 3 heterocycles. The van der Waals surface area contributed by atoms with Crippen LogP contribution in [0.1, 0.15) is 81.6 Å². The Balaban J connectivity index is 2.18. The molecular weight excluding hydrogens is 678 g/mol. The highest BCUT2D eigenvalue weighted by atomic mass is 16.8. The first-order chi connectivity index (χ1) is 24.2. The van der Waals surface area contributed by atoms with Crippen LogP contribution in [0, 0.1) is 35.5 Å². The average Bonchev–Trinajstić information content (AvgIpc) is 3.10. The number of ether oxygens (including phenoxy) is 8.